The van der Waals surface area contributed by atoms with Crippen molar-refractivity contribution in [1.29, 1.82) is 0 Å². The zero-order valence-electron chi connectivity index (χ0n) is 10.2. The average Bonchev–Trinajstić information content (AvgIpc) is 2.65. The molecule has 0 spiro atoms. The molecule has 0 saturated carbocycles. The maximum absolute atomic E-state index is 10.8. The largest absolute Gasteiger partial charge is 0.480 e. The summed E-state index contributed by atoms with van der Waals surface area (Å²) in [6, 6.07) is 0.900. The summed E-state index contributed by atoms with van der Waals surface area (Å²) < 4.78 is 0. The van der Waals surface area contributed by atoms with Gasteiger partial charge < -0.3 is 5.11 Å². The number of hydrogen-bond donors (Lipinski definition) is 1. The van der Waals surface area contributed by atoms with Gasteiger partial charge in [-0.05, 0) is 20.3 Å². The van der Waals surface area contributed by atoms with Crippen molar-refractivity contribution in [2.75, 3.05) is 26.2 Å². The first-order valence-electron chi connectivity index (χ1n) is 5.85. The Kier molecular flexibility index (Phi) is 4.96. The van der Waals surface area contributed by atoms with E-state index in [9.17, 15) is 4.79 Å². The van der Waals surface area contributed by atoms with E-state index in [1.807, 2.05) is 4.90 Å². The van der Waals surface area contributed by atoms with Crippen molar-refractivity contribution in [3.8, 4) is 0 Å². The highest BCUT2D eigenvalue weighted by molar-refractivity contribution is 5.69. The zero-order valence-corrected chi connectivity index (χ0v) is 10.2. The van der Waals surface area contributed by atoms with Gasteiger partial charge in [-0.2, -0.15) is 0 Å². The summed E-state index contributed by atoms with van der Waals surface area (Å²) in [5.74, 6) is -0.759. The van der Waals surface area contributed by atoms with Crippen LogP contribution in [0.25, 0.3) is 0 Å². The van der Waals surface area contributed by atoms with E-state index in [1.165, 1.54) is 0 Å². The van der Waals surface area contributed by atoms with Gasteiger partial charge in [-0.25, -0.2) is 0 Å². The Bertz CT molecular complexity index is 253. The molecule has 1 rings (SSSR count). The molecule has 0 aliphatic carbocycles. The minimum atomic E-state index is -0.759. The molecular formula is C12H22N2O2. The third-order valence-corrected chi connectivity index (χ3v) is 3.14. The Morgan fingerprint density at radius 1 is 1.69 bits per heavy atom. The predicted octanol–water partition coefficient (Wildman–Crippen LogP) is 1.04. The fraction of sp³-hybridized carbons (Fsp3) is 0.750. The van der Waals surface area contributed by atoms with Crippen LogP contribution in [0.5, 0.6) is 0 Å². The summed E-state index contributed by atoms with van der Waals surface area (Å²) in [6.45, 7) is 10.8. The van der Waals surface area contributed by atoms with Crippen molar-refractivity contribution in [1.82, 2.24) is 9.80 Å². The molecule has 1 atom stereocenters. The second kappa shape index (κ2) is 6.01. The van der Waals surface area contributed by atoms with Gasteiger partial charge in [0.2, 0.25) is 0 Å². The topological polar surface area (TPSA) is 43.8 Å². The van der Waals surface area contributed by atoms with Crippen molar-refractivity contribution in [3.63, 3.8) is 0 Å². The summed E-state index contributed by atoms with van der Waals surface area (Å²) >= 11 is 0. The van der Waals surface area contributed by atoms with Crippen LogP contribution in [0.1, 0.15) is 20.3 Å². The van der Waals surface area contributed by atoms with Gasteiger partial charge in [-0.1, -0.05) is 6.08 Å². The standard InChI is InChI=1S/C12H22N2O2/c1-4-6-14(9-12(15)16)11-5-7-13(8-11)10(2)3/h4,10-11H,1,5-9H2,2-3H3,(H,15,16). The van der Waals surface area contributed by atoms with Crippen LogP contribution < -0.4 is 0 Å². The molecule has 1 fully saturated rings. The molecule has 92 valence electrons. The Morgan fingerprint density at radius 2 is 2.38 bits per heavy atom. The molecule has 4 nitrogen and oxygen atoms in total. The summed E-state index contributed by atoms with van der Waals surface area (Å²) in [7, 11) is 0. The second-order valence-electron chi connectivity index (χ2n) is 4.64. The van der Waals surface area contributed by atoms with Gasteiger partial charge in [0.1, 0.15) is 0 Å². The maximum atomic E-state index is 10.8. The Hall–Kier alpha value is -0.870. The highest BCUT2D eigenvalue weighted by Crippen LogP contribution is 2.17. The Labute approximate surface area is 97.5 Å². The van der Waals surface area contributed by atoms with Gasteiger partial charge in [0, 0.05) is 31.7 Å². The van der Waals surface area contributed by atoms with Gasteiger partial charge >= 0.3 is 5.97 Å². The molecule has 4 heteroatoms. The molecule has 1 N–H and O–H groups in total. The fourth-order valence-electron chi connectivity index (χ4n) is 2.22. The molecule has 1 heterocycles. The third kappa shape index (κ3) is 3.61. The Balaban J connectivity index is 2.52. The van der Waals surface area contributed by atoms with Crippen LogP contribution >= 0.6 is 0 Å². The van der Waals surface area contributed by atoms with Gasteiger partial charge in [0.25, 0.3) is 0 Å². The van der Waals surface area contributed by atoms with Crippen LogP contribution in [0.2, 0.25) is 0 Å². The zero-order chi connectivity index (χ0) is 12.1. The lowest BCUT2D eigenvalue weighted by atomic mass is 10.2. The SMILES string of the molecule is C=CCN(CC(=O)O)C1CCN(C(C)C)C1. The van der Waals surface area contributed by atoms with E-state index in [0.29, 0.717) is 18.6 Å². The second-order valence-corrected chi connectivity index (χ2v) is 4.64. The summed E-state index contributed by atoms with van der Waals surface area (Å²) in [4.78, 5) is 15.2. The lowest BCUT2D eigenvalue weighted by Crippen LogP contribution is -2.41. The summed E-state index contributed by atoms with van der Waals surface area (Å²) in [6.07, 6.45) is 2.83. The highest BCUT2D eigenvalue weighted by Gasteiger charge is 2.29. The van der Waals surface area contributed by atoms with E-state index in [4.69, 9.17) is 5.11 Å². The fourth-order valence-corrected chi connectivity index (χ4v) is 2.22. The van der Waals surface area contributed by atoms with E-state index in [-0.39, 0.29) is 6.54 Å². The number of carbonyl (C=O) groups is 1. The lowest BCUT2D eigenvalue weighted by Gasteiger charge is -2.27. The number of carboxylic acid groups (broad SMARTS) is 1. The van der Waals surface area contributed by atoms with Gasteiger partial charge in [0.05, 0.1) is 6.54 Å². The lowest BCUT2D eigenvalue weighted by molar-refractivity contribution is -0.138. The molecule has 1 aliphatic rings. The van der Waals surface area contributed by atoms with E-state index in [2.05, 4.69) is 25.3 Å². The smallest absolute Gasteiger partial charge is 0.317 e. The number of likely N-dealkylation sites (tertiary alicyclic amines) is 1. The number of rotatable bonds is 6. The van der Waals surface area contributed by atoms with E-state index in [0.717, 1.165) is 19.5 Å². The van der Waals surface area contributed by atoms with Crippen molar-refractivity contribution in [2.24, 2.45) is 0 Å². The van der Waals surface area contributed by atoms with Crippen molar-refractivity contribution >= 4 is 5.97 Å². The van der Waals surface area contributed by atoms with Crippen LogP contribution in [-0.4, -0.2) is 59.1 Å². The van der Waals surface area contributed by atoms with E-state index in [1.54, 1.807) is 6.08 Å². The number of carboxylic acids is 1. The molecule has 0 aromatic carbocycles. The van der Waals surface area contributed by atoms with E-state index < -0.39 is 5.97 Å². The van der Waals surface area contributed by atoms with Gasteiger partial charge in [0.15, 0.2) is 0 Å². The van der Waals surface area contributed by atoms with Gasteiger partial charge in [-0.3, -0.25) is 14.6 Å². The monoisotopic (exact) mass is 226 g/mol. The molecular weight excluding hydrogens is 204 g/mol. The molecule has 16 heavy (non-hydrogen) atoms. The highest BCUT2D eigenvalue weighted by atomic mass is 16.4. The first kappa shape index (κ1) is 13.2. The summed E-state index contributed by atoms with van der Waals surface area (Å²) in [5.41, 5.74) is 0. The first-order valence-corrected chi connectivity index (χ1v) is 5.85. The molecule has 1 saturated heterocycles. The Morgan fingerprint density at radius 3 is 2.81 bits per heavy atom. The number of aliphatic carboxylic acids is 1. The summed E-state index contributed by atoms with van der Waals surface area (Å²) in [5, 5.41) is 8.86. The van der Waals surface area contributed by atoms with Crippen LogP contribution in [0, 0.1) is 0 Å². The van der Waals surface area contributed by atoms with Crippen LogP contribution in [0.3, 0.4) is 0 Å². The minimum Gasteiger partial charge on any atom is -0.480 e. The third-order valence-electron chi connectivity index (χ3n) is 3.14. The molecule has 1 aliphatic heterocycles. The van der Waals surface area contributed by atoms with Crippen molar-refractivity contribution in [2.45, 2.75) is 32.4 Å². The minimum absolute atomic E-state index is 0.114. The molecule has 0 amide bonds. The van der Waals surface area contributed by atoms with Crippen LogP contribution in [0.15, 0.2) is 12.7 Å². The maximum Gasteiger partial charge on any atom is 0.317 e. The number of hydrogen-bond acceptors (Lipinski definition) is 3. The van der Waals surface area contributed by atoms with Crippen LogP contribution in [0.4, 0.5) is 0 Å². The van der Waals surface area contributed by atoms with E-state index >= 15 is 0 Å². The van der Waals surface area contributed by atoms with Gasteiger partial charge in [-0.15, -0.1) is 6.58 Å². The first-order chi connectivity index (χ1) is 7.54. The number of nitrogens with zero attached hydrogens (tertiary/aromatic N) is 2. The quantitative estimate of drug-likeness (QED) is 0.687. The molecule has 0 bridgehead atoms. The van der Waals surface area contributed by atoms with Crippen LogP contribution in [-0.2, 0) is 4.79 Å². The molecule has 0 aromatic heterocycles. The molecule has 1 unspecified atom stereocenters. The molecule has 0 aromatic rings. The average molecular weight is 226 g/mol. The van der Waals surface area contributed by atoms with Crippen molar-refractivity contribution in [3.05, 3.63) is 12.7 Å². The predicted molar refractivity (Wildman–Crippen MR) is 64.5 cm³/mol. The normalized spacial score (nSPS) is 21.9. The molecule has 0 radical (unpaired) electrons. The van der Waals surface area contributed by atoms with Crippen molar-refractivity contribution < 1.29 is 9.90 Å².